The van der Waals surface area contributed by atoms with E-state index in [0.717, 1.165) is 10.4 Å². The molecule has 9 heteroatoms. The molecule has 2 rings (SSSR count). The first-order chi connectivity index (χ1) is 11.2. The zero-order valence-electron chi connectivity index (χ0n) is 12.5. The normalized spacial score (nSPS) is 11.5. The van der Waals surface area contributed by atoms with E-state index in [4.69, 9.17) is 11.6 Å². The largest absolute Gasteiger partial charge is 0.325 e. The fraction of sp³-hybridized carbons (Fsp3) is 0.133. The van der Waals surface area contributed by atoms with Crippen LogP contribution in [-0.2, 0) is 14.8 Å². The quantitative estimate of drug-likeness (QED) is 0.782. The van der Waals surface area contributed by atoms with Crippen LogP contribution in [0, 0.1) is 5.82 Å². The van der Waals surface area contributed by atoms with Gasteiger partial charge in [-0.15, -0.1) is 0 Å². The molecule has 0 unspecified atom stereocenters. The van der Waals surface area contributed by atoms with Crippen LogP contribution in [0.5, 0.6) is 0 Å². The molecule has 2 aromatic rings. The van der Waals surface area contributed by atoms with E-state index in [9.17, 15) is 17.6 Å². The Kier molecular flexibility index (Phi) is 5.97. The lowest BCUT2D eigenvalue weighted by atomic mass is 10.3. The summed E-state index contributed by atoms with van der Waals surface area (Å²) in [6.07, 6.45) is 0. The van der Waals surface area contributed by atoms with E-state index in [-0.39, 0.29) is 15.6 Å². The van der Waals surface area contributed by atoms with E-state index in [0.29, 0.717) is 4.47 Å². The summed E-state index contributed by atoms with van der Waals surface area (Å²) < 4.78 is 39.6. The van der Waals surface area contributed by atoms with Gasteiger partial charge in [0.2, 0.25) is 15.9 Å². The fourth-order valence-electron chi connectivity index (χ4n) is 1.91. The molecule has 1 N–H and O–H groups in total. The van der Waals surface area contributed by atoms with Crippen LogP contribution in [0.3, 0.4) is 0 Å². The highest BCUT2D eigenvalue weighted by atomic mass is 79.9. The third kappa shape index (κ3) is 4.54. The maximum atomic E-state index is 13.1. The molecule has 2 aromatic carbocycles. The van der Waals surface area contributed by atoms with E-state index in [1.807, 2.05) is 0 Å². The molecule has 24 heavy (non-hydrogen) atoms. The topological polar surface area (TPSA) is 66.5 Å². The number of anilines is 1. The Hall–Kier alpha value is -1.48. The standard InChI is InChI=1S/C15H13BrClFN2O3S/c1-20(9-15(21)19-12-4-2-3-11(18)8-12)24(22,23)14-6-5-10(16)7-13(14)17/h2-8H,9H2,1H3,(H,19,21). The lowest BCUT2D eigenvalue weighted by Gasteiger charge is -2.17. The van der Waals surface area contributed by atoms with Crippen molar-refractivity contribution in [2.75, 3.05) is 18.9 Å². The summed E-state index contributed by atoms with van der Waals surface area (Å²) in [5.41, 5.74) is 0.243. The van der Waals surface area contributed by atoms with Crippen LogP contribution < -0.4 is 5.32 Å². The van der Waals surface area contributed by atoms with Gasteiger partial charge >= 0.3 is 0 Å². The molecule has 0 radical (unpaired) electrons. The van der Waals surface area contributed by atoms with Crippen LogP contribution in [0.4, 0.5) is 10.1 Å². The summed E-state index contributed by atoms with van der Waals surface area (Å²) in [6.45, 7) is -0.439. The fourth-order valence-corrected chi connectivity index (χ4v) is 4.04. The molecule has 0 aliphatic rings. The SMILES string of the molecule is CN(CC(=O)Nc1cccc(F)c1)S(=O)(=O)c1ccc(Br)cc1Cl. The Bertz CT molecular complexity index is 877. The second-order valence-corrected chi connectivity index (χ2v) is 8.23. The van der Waals surface area contributed by atoms with E-state index in [1.54, 1.807) is 6.07 Å². The molecule has 0 spiro atoms. The summed E-state index contributed by atoms with van der Waals surface area (Å²) >= 11 is 9.16. The van der Waals surface area contributed by atoms with Crippen molar-refractivity contribution in [2.24, 2.45) is 0 Å². The molecule has 0 bridgehead atoms. The van der Waals surface area contributed by atoms with E-state index >= 15 is 0 Å². The molecular formula is C15H13BrClFN2O3S. The number of nitrogens with one attached hydrogen (secondary N) is 1. The van der Waals surface area contributed by atoms with Crippen molar-refractivity contribution in [3.05, 3.63) is 57.8 Å². The molecule has 0 aliphatic carbocycles. The predicted molar refractivity (Wildman–Crippen MR) is 94.0 cm³/mol. The molecular weight excluding hydrogens is 423 g/mol. The summed E-state index contributed by atoms with van der Waals surface area (Å²) in [7, 11) is -2.67. The number of likely N-dealkylation sites (N-methyl/N-ethyl adjacent to an activating group) is 1. The maximum absolute atomic E-state index is 13.1. The van der Waals surface area contributed by atoms with Gasteiger partial charge in [0, 0.05) is 17.2 Å². The minimum atomic E-state index is -3.94. The van der Waals surface area contributed by atoms with Crippen molar-refractivity contribution in [1.82, 2.24) is 4.31 Å². The zero-order valence-corrected chi connectivity index (χ0v) is 15.6. The van der Waals surface area contributed by atoms with E-state index < -0.39 is 28.3 Å². The van der Waals surface area contributed by atoms with Crippen molar-refractivity contribution >= 4 is 49.1 Å². The van der Waals surface area contributed by atoms with Gasteiger partial charge in [-0.25, -0.2) is 12.8 Å². The van der Waals surface area contributed by atoms with Crippen LogP contribution in [-0.4, -0.2) is 32.2 Å². The molecule has 0 saturated carbocycles. The molecule has 0 heterocycles. The average molecular weight is 436 g/mol. The average Bonchev–Trinajstić information content (AvgIpc) is 2.46. The lowest BCUT2D eigenvalue weighted by molar-refractivity contribution is -0.116. The second-order valence-electron chi connectivity index (χ2n) is 4.89. The molecule has 128 valence electrons. The van der Waals surface area contributed by atoms with Crippen molar-refractivity contribution < 1.29 is 17.6 Å². The Morgan fingerprint density at radius 3 is 2.62 bits per heavy atom. The number of sulfonamides is 1. The van der Waals surface area contributed by atoms with Crippen LogP contribution in [0.1, 0.15) is 0 Å². The number of hydrogen-bond donors (Lipinski definition) is 1. The number of amides is 1. The number of carbonyl (C=O) groups is 1. The van der Waals surface area contributed by atoms with E-state index in [2.05, 4.69) is 21.2 Å². The zero-order chi connectivity index (χ0) is 17.9. The number of carbonyl (C=O) groups excluding carboxylic acids is 1. The van der Waals surface area contributed by atoms with Gasteiger partial charge in [-0.2, -0.15) is 4.31 Å². The molecule has 1 amide bonds. The van der Waals surface area contributed by atoms with Gasteiger partial charge in [0.05, 0.1) is 11.6 Å². The minimum Gasteiger partial charge on any atom is -0.325 e. The highest BCUT2D eigenvalue weighted by molar-refractivity contribution is 9.10. The monoisotopic (exact) mass is 434 g/mol. The van der Waals surface area contributed by atoms with E-state index in [1.165, 1.54) is 37.4 Å². The molecule has 0 atom stereocenters. The highest BCUT2D eigenvalue weighted by Crippen LogP contribution is 2.27. The van der Waals surface area contributed by atoms with Crippen LogP contribution in [0.2, 0.25) is 5.02 Å². The Morgan fingerprint density at radius 2 is 2.00 bits per heavy atom. The first-order valence-corrected chi connectivity index (χ1v) is 9.28. The van der Waals surface area contributed by atoms with Crippen molar-refractivity contribution in [3.63, 3.8) is 0 Å². The Balaban J connectivity index is 2.12. The summed E-state index contributed by atoms with van der Waals surface area (Å²) in [4.78, 5) is 11.9. The second kappa shape index (κ2) is 7.60. The Morgan fingerprint density at radius 1 is 1.29 bits per heavy atom. The Labute approximate surface area is 152 Å². The number of rotatable bonds is 5. The summed E-state index contributed by atoms with van der Waals surface area (Å²) in [5.74, 6) is -1.10. The minimum absolute atomic E-state index is 0.0433. The third-order valence-corrected chi connectivity index (χ3v) is 5.84. The van der Waals surface area contributed by atoms with Gasteiger partial charge in [0.1, 0.15) is 10.7 Å². The van der Waals surface area contributed by atoms with Crippen LogP contribution in [0.15, 0.2) is 51.8 Å². The van der Waals surface area contributed by atoms with Crippen molar-refractivity contribution in [2.45, 2.75) is 4.90 Å². The third-order valence-electron chi connectivity index (χ3n) is 3.06. The number of benzene rings is 2. The van der Waals surface area contributed by atoms with Gasteiger partial charge in [-0.05, 0) is 36.4 Å². The lowest BCUT2D eigenvalue weighted by Crippen LogP contribution is -2.35. The molecule has 5 nitrogen and oxygen atoms in total. The first-order valence-electron chi connectivity index (χ1n) is 6.67. The van der Waals surface area contributed by atoms with Crippen LogP contribution >= 0.6 is 27.5 Å². The first kappa shape index (κ1) is 18.9. The van der Waals surface area contributed by atoms with Gasteiger partial charge in [0.25, 0.3) is 0 Å². The maximum Gasteiger partial charge on any atom is 0.244 e. The van der Waals surface area contributed by atoms with Crippen LogP contribution in [0.25, 0.3) is 0 Å². The van der Waals surface area contributed by atoms with Crippen molar-refractivity contribution in [3.8, 4) is 0 Å². The molecule has 0 fully saturated rings. The van der Waals surface area contributed by atoms with Gasteiger partial charge in [-0.3, -0.25) is 4.79 Å². The van der Waals surface area contributed by atoms with Crippen molar-refractivity contribution in [1.29, 1.82) is 0 Å². The number of hydrogen-bond acceptors (Lipinski definition) is 3. The number of nitrogens with zero attached hydrogens (tertiary/aromatic N) is 1. The van der Waals surface area contributed by atoms with Gasteiger partial charge in [-0.1, -0.05) is 33.6 Å². The highest BCUT2D eigenvalue weighted by Gasteiger charge is 2.25. The molecule has 0 aromatic heterocycles. The molecule has 0 aliphatic heterocycles. The van der Waals surface area contributed by atoms with Gasteiger partial charge in [0.15, 0.2) is 0 Å². The smallest absolute Gasteiger partial charge is 0.244 e. The predicted octanol–water partition coefficient (Wildman–Crippen LogP) is 3.50. The summed E-state index contributed by atoms with van der Waals surface area (Å²) in [5, 5.41) is 2.48. The number of halogens is 3. The van der Waals surface area contributed by atoms with Gasteiger partial charge < -0.3 is 5.32 Å². The molecule has 0 saturated heterocycles. The summed E-state index contributed by atoms with van der Waals surface area (Å²) in [6, 6.07) is 9.66.